The van der Waals surface area contributed by atoms with Crippen molar-refractivity contribution in [3.63, 3.8) is 0 Å². The zero-order valence-corrected chi connectivity index (χ0v) is 32.0. The summed E-state index contributed by atoms with van der Waals surface area (Å²) < 4.78 is 62.1. The van der Waals surface area contributed by atoms with Crippen molar-refractivity contribution in [1.82, 2.24) is 0 Å². The maximum Gasteiger partial charge on any atom is 0.511 e. The first-order chi connectivity index (χ1) is 25.7. The van der Waals surface area contributed by atoms with Crippen molar-refractivity contribution in [2.24, 2.45) is 17.3 Å². The van der Waals surface area contributed by atoms with Crippen molar-refractivity contribution < 1.29 is 51.6 Å². The fourth-order valence-electron chi connectivity index (χ4n) is 6.93. The molecule has 1 amide bonds. The van der Waals surface area contributed by atoms with Crippen LogP contribution in [-0.4, -0.2) is 65.5 Å². The molecular weight excluding hydrogens is 749 g/mol. The summed E-state index contributed by atoms with van der Waals surface area (Å²) in [7, 11) is 2.85. The molecule has 1 fully saturated rings. The Morgan fingerprint density at radius 2 is 1.70 bits per heavy atom. The number of anilines is 1. The monoisotopic (exact) mass is 790 g/mol. The summed E-state index contributed by atoms with van der Waals surface area (Å²) in [5.74, 6) is -5.87. The number of nitriles is 1. The topological polar surface area (TPSA) is 142 Å². The van der Waals surface area contributed by atoms with Gasteiger partial charge in [0.1, 0.15) is 24.0 Å². The molecule has 54 heavy (non-hydrogen) atoms. The number of nitrogens with zero attached hydrogens (tertiary/aromatic N) is 1. The molecule has 0 saturated heterocycles. The number of carbonyl (C=O) groups is 3. The minimum atomic E-state index is -1.72. The summed E-state index contributed by atoms with van der Waals surface area (Å²) in [6.45, 7) is 5.92. The number of rotatable bonds is 15. The van der Waals surface area contributed by atoms with Crippen LogP contribution in [0.25, 0.3) is 0 Å². The second kappa shape index (κ2) is 18.7. The van der Waals surface area contributed by atoms with Crippen LogP contribution < -0.4 is 10.1 Å². The first kappa shape index (κ1) is 42.3. The number of hydrogen-bond donors (Lipinski definition) is 1. The maximum absolute atomic E-state index is 16.0. The second-order valence-electron chi connectivity index (χ2n) is 13.8. The predicted molar refractivity (Wildman–Crippen MR) is 196 cm³/mol. The van der Waals surface area contributed by atoms with E-state index in [1.807, 2.05) is 20.8 Å². The Balaban J connectivity index is 1.61. The van der Waals surface area contributed by atoms with Gasteiger partial charge >= 0.3 is 12.1 Å². The van der Waals surface area contributed by atoms with Crippen LogP contribution >= 0.6 is 23.2 Å². The minimum Gasteiger partial charge on any atom is -0.495 e. The van der Waals surface area contributed by atoms with E-state index < -0.39 is 59.6 Å². The summed E-state index contributed by atoms with van der Waals surface area (Å²) in [5.41, 5.74) is -1.97. The zero-order chi connectivity index (χ0) is 39.6. The van der Waals surface area contributed by atoms with Gasteiger partial charge in [-0.25, -0.2) is 18.4 Å². The zero-order valence-electron chi connectivity index (χ0n) is 30.5. The molecule has 1 aliphatic rings. The Morgan fingerprint density at radius 1 is 0.963 bits per heavy atom. The number of esters is 1. The van der Waals surface area contributed by atoms with Crippen molar-refractivity contribution in [1.29, 1.82) is 5.26 Å². The Bertz CT molecular complexity index is 1870. The lowest BCUT2D eigenvalue weighted by Crippen LogP contribution is -2.39. The van der Waals surface area contributed by atoms with Gasteiger partial charge in [-0.05, 0) is 66.1 Å². The van der Waals surface area contributed by atoms with Gasteiger partial charge in [0.05, 0.1) is 54.7 Å². The van der Waals surface area contributed by atoms with Crippen molar-refractivity contribution in [3.05, 3.63) is 93.0 Å². The van der Waals surface area contributed by atoms with Gasteiger partial charge in [0.25, 0.3) is 0 Å². The van der Waals surface area contributed by atoms with Crippen LogP contribution in [-0.2, 0) is 33.9 Å². The van der Waals surface area contributed by atoms with Gasteiger partial charge in [-0.2, -0.15) is 5.26 Å². The lowest BCUT2D eigenvalue weighted by molar-refractivity contribution is -0.120. The van der Waals surface area contributed by atoms with Crippen LogP contribution in [0.3, 0.4) is 0 Å². The van der Waals surface area contributed by atoms with E-state index >= 15 is 8.78 Å². The minimum absolute atomic E-state index is 0.0000492. The third-order valence-corrected chi connectivity index (χ3v) is 9.62. The summed E-state index contributed by atoms with van der Waals surface area (Å²) in [6.07, 6.45) is -0.595. The van der Waals surface area contributed by atoms with Gasteiger partial charge in [-0.1, -0.05) is 62.2 Å². The van der Waals surface area contributed by atoms with Gasteiger partial charge in [0.2, 0.25) is 12.7 Å². The number of halogens is 4. The lowest BCUT2D eigenvalue weighted by Gasteiger charge is -2.38. The molecule has 0 heterocycles. The van der Waals surface area contributed by atoms with Crippen LogP contribution in [0, 0.1) is 40.2 Å². The third kappa shape index (κ3) is 9.98. The van der Waals surface area contributed by atoms with Crippen LogP contribution in [0.4, 0.5) is 19.3 Å². The van der Waals surface area contributed by atoms with E-state index in [1.54, 1.807) is 0 Å². The quantitative estimate of drug-likeness (QED) is 0.0905. The molecule has 11 nitrogen and oxygen atoms in total. The molecule has 0 radical (unpaired) electrons. The van der Waals surface area contributed by atoms with Crippen LogP contribution in [0.1, 0.15) is 61.0 Å². The molecule has 4 rings (SSSR count). The average molecular weight is 792 g/mol. The summed E-state index contributed by atoms with van der Waals surface area (Å²) in [4.78, 5) is 38.9. The number of ether oxygens (including phenoxy) is 6. The molecular formula is C39H42Cl2F2N2O9. The van der Waals surface area contributed by atoms with Gasteiger partial charge in [0.15, 0.2) is 0 Å². The van der Waals surface area contributed by atoms with Crippen LogP contribution in [0.15, 0.2) is 54.6 Å². The van der Waals surface area contributed by atoms with E-state index in [4.69, 9.17) is 51.6 Å². The number of hydrogen-bond acceptors (Lipinski definition) is 10. The normalized spacial score (nSPS) is 19.4. The highest BCUT2D eigenvalue weighted by atomic mass is 35.5. The molecule has 3 aromatic rings. The maximum atomic E-state index is 16.0. The Morgan fingerprint density at radius 3 is 2.37 bits per heavy atom. The largest absolute Gasteiger partial charge is 0.511 e. The molecule has 3 aromatic carbocycles. The highest BCUT2D eigenvalue weighted by molar-refractivity contribution is 6.31. The van der Waals surface area contributed by atoms with Crippen molar-refractivity contribution in [2.75, 3.05) is 52.8 Å². The van der Waals surface area contributed by atoms with E-state index in [0.717, 1.165) is 6.07 Å². The molecule has 0 aliphatic heterocycles. The van der Waals surface area contributed by atoms with E-state index in [9.17, 15) is 19.6 Å². The molecule has 0 aromatic heterocycles. The summed E-state index contributed by atoms with van der Waals surface area (Å²) >= 11 is 12.4. The summed E-state index contributed by atoms with van der Waals surface area (Å²) in [5, 5.41) is 13.8. The molecule has 15 heteroatoms. The highest BCUT2D eigenvalue weighted by Gasteiger charge is 2.61. The number of amides is 1. The van der Waals surface area contributed by atoms with Gasteiger partial charge in [-0.15, -0.1) is 0 Å². The molecule has 4 atom stereocenters. The summed E-state index contributed by atoms with van der Waals surface area (Å²) in [6, 6.07) is 14.7. The Labute approximate surface area is 322 Å². The number of benzene rings is 3. The third-order valence-electron chi connectivity index (χ3n) is 9.09. The second-order valence-corrected chi connectivity index (χ2v) is 14.7. The highest BCUT2D eigenvalue weighted by Crippen LogP contribution is 2.61. The predicted octanol–water partition coefficient (Wildman–Crippen LogP) is 8.47. The Hall–Kier alpha value is -4.48. The SMILES string of the molecule is COCCOCCOC(=O)OCOC(=O)c1ccc(NC(=O)[C@@H]2C[C@@H](CC(C)(C)C)[C@](C#N)(c3ccc(Cl)cc3F)[C@H]2c2cccc(Cl)c2F)c(OC)c1. The molecule has 1 saturated carbocycles. The fourth-order valence-corrected chi connectivity index (χ4v) is 7.27. The van der Waals surface area contributed by atoms with Gasteiger partial charge < -0.3 is 33.7 Å². The van der Waals surface area contributed by atoms with Crippen molar-refractivity contribution in [2.45, 2.75) is 44.9 Å². The average Bonchev–Trinajstić information content (AvgIpc) is 3.43. The molecule has 0 unspecified atom stereocenters. The number of carbonyl (C=O) groups excluding carboxylic acids is 3. The first-order valence-corrected chi connectivity index (χ1v) is 17.7. The molecule has 1 aliphatic carbocycles. The molecule has 290 valence electrons. The standard InChI is InChI=1S/C39H42Cl2F2N2O9/c1-38(2,3)20-24-18-27(33(26-7-6-8-29(41)34(26)43)39(24,21-44)28-11-10-25(40)19-30(28)42)35(46)45-31-12-9-23(17-32(31)50-5)36(47)53-22-54-37(48)52-16-15-51-14-13-49-4/h6-12,17,19,24,27,33H,13-16,18,20,22H2,1-5H3,(H,45,46)/t24-,27+,33-,39+/m0/s1. The number of nitrogens with one attached hydrogen (secondary N) is 1. The smallest absolute Gasteiger partial charge is 0.495 e. The van der Waals surface area contributed by atoms with Crippen LogP contribution in [0.5, 0.6) is 5.75 Å². The Kier molecular flexibility index (Phi) is 14.6. The van der Waals surface area contributed by atoms with Crippen LogP contribution in [0.2, 0.25) is 10.0 Å². The van der Waals surface area contributed by atoms with Crippen molar-refractivity contribution in [3.8, 4) is 11.8 Å². The molecule has 1 N–H and O–H groups in total. The van der Waals surface area contributed by atoms with Crippen molar-refractivity contribution >= 4 is 46.9 Å². The molecule has 0 spiro atoms. The number of methoxy groups -OCH3 is 2. The lowest BCUT2D eigenvalue weighted by atomic mass is 9.62. The van der Waals surface area contributed by atoms with Gasteiger partial charge in [0, 0.05) is 29.5 Å². The van der Waals surface area contributed by atoms with E-state index in [0.29, 0.717) is 19.6 Å². The van der Waals surface area contributed by atoms with E-state index in [2.05, 4.69) is 11.4 Å². The van der Waals surface area contributed by atoms with E-state index in [-0.39, 0.29) is 63.2 Å². The van der Waals surface area contributed by atoms with E-state index in [1.165, 1.54) is 62.8 Å². The first-order valence-electron chi connectivity index (χ1n) is 17.0. The molecule has 0 bridgehead atoms. The fraction of sp³-hybridized carbons (Fsp3) is 0.436. The van der Waals surface area contributed by atoms with Gasteiger partial charge in [-0.3, -0.25) is 4.79 Å².